The van der Waals surface area contributed by atoms with Crippen molar-refractivity contribution in [2.75, 3.05) is 0 Å². The molecule has 0 fully saturated rings. The van der Waals surface area contributed by atoms with E-state index in [4.69, 9.17) is 0 Å². The molecule has 0 saturated heterocycles. The van der Waals surface area contributed by atoms with Gasteiger partial charge in [-0.05, 0) is 0 Å². The summed E-state index contributed by atoms with van der Waals surface area (Å²) in [6.07, 6.45) is 0. The molecule has 0 aliphatic rings. The molecule has 0 amide bonds. The van der Waals surface area contributed by atoms with Crippen LogP contribution in [0, 0.1) is 0 Å². The second-order valence-electron chi connectivity index (χ2n) is 6.34. The minimum Gasteiger partial charge on any atom is -0.870 e. The van der Waals surface area contributed by atoms with Gasteiger partial charge in [-0.15, -0.1) is 16.8 Å². The van der Waals surface area contributed by atoms with Crippen molar-refractivity contribution in [3.05, 3.63) is 0 Å². The number of rotatable bonds is 0. The Morgan fingerprint density at radius 3 is 0.471 bits per heavy atom. The minimum atomic E-state index is -0.750. The minimum absolute atomic E-state index is 0. The van der Waals surface area contributed by atoms with Crippen molar-refractivity contribution >= 4 is 0 Å². The van der Waals surface area contributed by atoms with Crippen molar-refractivity contribution in [3.63, 3.8) is 0 Å². The van der Waals surface area contributed by atoms with Gasteiger partial charge in [0.1, 0.15) is 0 Å². The first-order valence-electron chi connectivity index (χ1n) is 5.11. The maximum Gasteiger partial charge on any atom is 4.00 e. The zero-order valence-electron chi connectivity index (χ0n) is 12.7. The standard InChI is InChI=1S/3C4H9O.H2O.Ti/c3*1-4(2,3)5;;/h3*1-3H3;1H2;/q3*-1;;+4/p-1. The summed E-state index contributed by atoms with van der Waals surface area (Å²) in [5, 5.41) is 30.3. The van der Waals surface area contributed by atoms with E-state index in [0.29, 0.717) is 0 Å². The van der Waals surface area contributed by atoms with Gasteiger partial charge in [0.05, 0.1) is 0 Å². The summed E-state index contributed by atoms with van der Waals surface area (Å²) in [6, 6.07) is 0. The van der Waals surface area contributed by atoms with E-state index in [2.05, 4.69) is 0 Å². The first-order chi connectivity index (χ1) is 6.00. The molecule has 0 heterocycles. The fraction of sp³-hybridized carbons (Fsp3) is 1.00. The van der Waals surface area contributed by atoms with Gasteiger partial charge < -0.3 is 20.8 Å². The smallest absolute Gasteiger partial charge is 0.870 e. The third-order valence-corrected chi connectivity index (χ3v) is 0. The third-order valence-electron chi connectivity index (χ3n) is 0. The Morgan fingerprint density at radius 2 is 0.471 bits per heavy atom. The SMILES string of the molecule is CC(C)(C)[O-].CC(C)(C)[O-].CC(C)(C)[O-].[OH-].[Ti+4]. The maximum absolute atomic E-state index is 10.1. The second kappa shape index (κ2) is 11.6. The predicted molar refractivity (Wildman–Crippen MR) is 61.2 cm³/mol. The van der Waals surface area contributed by atoms with Crippen LogP contribution in [-0.2, 0) is 21.7 Å². The van der Waals surface area contributed by atoms with Crippen molar-refractivity contribution in [2.45, 2.75) is 79.1 Å². The van der Waals surface area contributed by atoms with Crippen LogP contribution in [-0.4, -0.2) is 22.3 Å². The molecular weight excluding hydrogens is 256 g/mol. The average molecular weight is 284 g/mol. The van der Waals surface area contributed by atoms with E-state index in [9.17, 15) is 15.3 Å². The molecule has 0 saturated carbocycles. The molecule has 0 radical (unpaired) electrons. The van der Waals surface area contributed by atoms with Crippen LogP contribution in [0.5, 0.6) is 0 Å². The molecule has 5 heteroatoms. The Labute approximate surface area is 122 Å². The van der Waals surface area contributed by atoms with E-state index >= 15 is 0 Å². The number of hydrogen-bond donors (Lipinski definition) is 0. The van der Waals surface area contributed by atoms with Gasteiger partial charge in [-0.25, -0.2) is 0 Å². The fourth-order valence-corrected chi connectivity index (χ4v) is 0. The van der Waals surface area contributed by atoms with Crippen LogP contribution < -0.4 is 15.3 Å². The van der Waals surface area contributed by atoms with E-state index < -0.39 is 16.8 Å². The molecule has 0 aliphatic heterocycles. The van der Waals surface area contributed by atoms with Crippen LogP contribution >= 0.6 is 0 Å². The molecule has 1 N–H and O–H groups in total. The third kappa shape index (κ3) is 11400. The van der Waals surface area contributed by atoms with Gasteiger partial charge in [0, 0.05) is 0 Å². The van der Waals surface area contributed by atoms with Gasteiger partial charge in [-0.2, -0.15) is 0 Å². The molecule has 4 nitrogen and oxygen atoms in total. The summed E-state index contributed by atoms with van der Waals surface area (Å²) in [5.41, 5.74) is -2.25. The van der Waals surface area contributed by atoms with Crippen LogP contribution in [0.2, 0.25) is 0 Å². The molecule has 0 unspecified atom stereocenters. The maximum atomic E-state index is 10.1. The summed E-state index contributed by atoms with van der Waals surface area (Å²) in [7, 11) is 0. The molecule has 0 aromatic rings. The first kappa shape index (κ1) is 30.5. The van der Waals surface area contributed by atoms with Crippen LogP contribution in [0.4, 0.5) is 0 Å². The zero-order valence-corrected chi connectivity index (χ0v) is 14.2. The molecule has 0 spiro atoms. The van der Waals surface area contributed by atoms with Gasteiger partial charge >= 0.3 is 21.7 Å². The summed E-state index contributed by atoms with van der Waals surface area (Å²) >= 11 is 0. The molecule has 104 valence electrons. The summed E-state index contributed by atoms with van der Waals surface area (Å²) < 4.78 is 0. The van der Waals surface area contributed by atoms with E-state index in [1.54, 1.807) is 62.3 Å². The topological polar surface area (TPSA) is 99.2 Å². The van der Waals surface area contributed by atoms with E-state index in [1.165, 1.54) is 0 Å². The average Bonchev–Trinajstić information content (AvgIpc) is 1.41. The summed E-state index contributed by atoms with van der Waals surface area (Å²) in [6.45, 7) is 14.7. The Bertz CT molecular complexity index is 93.5. The first-order valence-corrected chi connectivity index (χ1v) is 5.11. The molecule has 0 rings (SSSR count). The molecule has 17 heavy (non-hydrogen) atoms. The van der Waals surface area contributed by atoms with E-state index in [0.717, 1.165) is 0 Å². The predicted octanol–water partition coefficient (Wildman–Crippen LogP) is 0.256. The van der Waals surface area contributed by atoms with Crippen LogP contribution in [0.25, 0.3) is 0 Å². The quantitative estimate of drug-likeness (QED) is 0.595. The van der Waals surface area contributed by atoms with Crippen molar-refractivity contribution in [2.24, 2.45) is 0 Å². The second-order valence-corrected chi connectivity index (χ2v) is 6.34. The Morgan fingerprint density at radius 1 is 0.471 bits per heavy atom. The normalized spacial score (nSPS) is 10.6. The summed E-state index contributed by atoms with van der Waals surface area (Å²) in [5.74, 6) is 0. The monoisotopic (exact) mass is 284 g/mol. The molecule has 0 bridgehead atoms. The van der Waals surface area contributed by atoms with Crippen molar-refractivity contribution in [3.8, 4) is 0 Å². The van der Waals surface area contributed by atoms with Gasteiger partial charge in [0.25, 0.3) is 0 Å². The van der Waals surface area contributed by atoms with Gasteiger partial charge in [0.15, 0.2) is 0 Å². The fourth-order valence-electron chi connectivity index (χ4n) is 0. The molecule has 0 aromatic carbocycles. The Hall–Kier alpha value is 0.554. The zero-order chi connectivity index (χ0) is 13.5. The van der Waals surface area contributed by atoms with Crippen molar-refractivity contribution in [1.82, 2.24) is 0 Å². The van der Waals surface area contributed by atoms with Crippen LogP contribution in [0.3, 0.4) is 0 Å². The van der Waals surface area contributed by atoms with Gasteiger partial charge in [-0.1, -0.05) is 62.3 Å². The van der Waals surface area contributed by atoms with Gasteiger partial charge in [-0.3, -0.25) is 0 Å². The largest absolute Gasteiger partial charge is 4.00 e. The Kier molecular flexibility index (Phi) is 20.9. The van der Waals surface area contributed by atoms with Crippen LogP contribution in [0.15, 0.2) is 0 Å². The van der Waals surface area contributed by atoms with Crippen LogP contribution in [0.1, 0.15) is 62.3 Å². The molecular formula is C12H28O4Ti. The van der Waals surface area contributed by atoms with Crippen molar-refractivity contribution < 1.29 is 42.5 Å². The molecule has 0 aliphatic carbocycles. The van der Waals surface area contributed by atoms with E-state index in [1.807, 2.05) is 0 Å². The van der Waals surface area contributed by atoms with E-state index in [-0.39, 0.29) is 27.2 Å². The van der Waals surface area contributed by atoms with Gasteiger partial charge in [0.2, 0.25) is 0 Å². The molecule has 0 aromatic heterocycles. The summed E-state index contributed by atoms with van der Waals surface area (Å²) in [4.78, 5) is 0. The number of hydrogen-bond acceptors (Lipinski definition) is 4. The molecule has 0 atom stereocenters. The Balaban J connectivity index is -0.0000000400. The van der Waals surface area contributed by atoms with Crippen molar-refractivity contribution in [1.29, 1.82) is 0 Å².